The lowest BCUT2D eigenvalue weighted by Gasteiger charge is -2.11. The minimum atomic E-state index is 0.845. The number of aromatic nitrogens is 2. The van der Waals surface area contributed by atoms with Gasteiger partial charge in [-0.15, -0.1) is 11.3 Å². The summed E-state index contributed by atoms with van der Waals surface area (Å²) in [7, 11) is 1.80. The Balaban J connectivity index is 1.53. The fourth-order valence-electron chi connectivity index (χ4n) is 2.28. The van der Waals surface area contributed by atoms with Gasteiger partial charge in [0.05, 0.1) is 5.01 Å². The lowest BCUT2D eigenvalue weighted by Crippen LogP contribution is -2.38. The van der Waals surface area contributed by atoms with Crippen molar-refractivity contribution in [1.82, 2.24) is 20.6 Å². The van der Waals surface area contributed by atoms with Crippen LogP contribution in [0.1, 0.15) is 29.7 Å². The molecule has 0 spiro atoms. The molecule has 0 fully saturated rings. The predicted molar refractivity (Wildman–Crippen MR) is 107 cm³/mol. The van der Waals surface area contributed by atoms with Gasteiger partial charge in [0.15, 0.2) is 5.96 Å². The highest BCUT2D eigenvalue weighted by Gasteiger charge is 2.02. The van der Waals surface area contributed by atoms with Crippen molar-refractivity contribution < 1.29 is 0 Å². The first-order valence-electron chi connectivity index (χ1n) is 8.84. The highest BCUT2D eigenvalue weighted by Crippen LogP contribution is 2.13. The van der Waals surface area contributed by atoms with Gasteiger partial charge in [-0.3, -0.25) is 4.99 Å². The number of unbranched alkanes of at least 4 members (excludes halogenated alkanes) is 1. The van der Waals surface area contributed by atoms with Gasteiger partial charge in [0.1, 0.15) is 5.82 Å². The Hall–Kier alpha value is -2.15. The molecule has 0 saturated heterocycles. The van der Waals surface area contributed by atoms with Crippen LogP contribution in [0.15, 0.2) is 35.6 Å². The molecule has 0 unspecified atom stereocenters. The molecule has 0 saturated carbocycles. The smallest absolute Gasteiger partial charge is 0.190 e. The molecule has 0 aliphatic rings. The second-order valence-corrected chi connectivity index (χ2v) is 6.80. The Morgan fingerprint density at radius 2 is 1.96 bits per heavy atom. The second kappa shape index (κ2) is 11.4. The average molecular weight is 361 g/mol. The minimum Gasteiger partial charge on any atom is -0.370 e. The van der Waals surface area contributed by atoms with Crippen LogP contribution in [0.2, 0.25) is 0 Å². The summed E-state index contributed by atoms with van der Waals surface area (Å²) in [5, 5.41) is 11.2. The van der Waals surface area contributed by atoms with E-state index in [1.807, 2.05) is 24.4 Å². The van der Waals surface area contributed by atoms with E-state index in [9.17, 15) is 0 Å². The molecule has 0 aliphatic heterocycles. The number of pyridine rings is 1. The van der Waals surface area contributed by atoms with E-state index >= 15 is 0 Å². The largest absolute Gasteiger partial charge is 0.370 e. The molecule has 2 aromatic rings. The molecule has 3 N–H and O–H groups in total. The Morgan fingerprint density at radius 1 is 1.12 bits per heavy atom. The Morgan fingerprint density at radius 3 is 2.68 bits per heavy atom. The van der Waals surface area contributed by atoms with Crippen LogP contribution in [0.4, 0.5) is 5.82 Å². The van der Waals surface area contributed by atoms with Crippen LogP contribution in [0.5, 0.6) is 0 Å². The third-order valence-electron chi connectivity index (χ3n) is 3.67. The van der Waals surface area contributed by atoms with Gasteiger partial charge >= 0.3 is 0 Å². The molecule has 7 heteroatoms. The molecule has 2 aromatic heterocycles. The quantitative estimate of drug-likeness (QED) is 0.345. The number of thiazole rings is 1. The topological polar surface area (TPSA) is 74.2 Å². The van der Waals surface area contributed by atoms with Crippen molar-refractivity contribution in [2.45, 2.75) is 32.6 Å². The van der Waals surface area contributed by atoms with E-state index in [0.717, 1.165) is 57.1 Å². The van der Waals surface area contributed by atoms with Gasteiger partial charge in [-0.05, 0) is 31.4 Å². The summed E-state index contributed by atoms with van der Waals surface area (Å²) < 4.78 is 0. The van der Waals surface area contributed by atoms with Crippen molar-refractivity contribution in [2.75, 3.05) is 32.0 Å². The van der Waals surface area contributed by atoms with Crippen LogP contribution in [0.25, 0.3) is 0 Å². The molecule has 0 aliphatic carbocycles. The van der Waals surface area contributed by atoms with Crippen molar-refractivity contribution >= 4 is 23.1 Å². The van der Waals surface area contributed by atoms with Gasteiger partial charge in [0, 0.05) is 50.4 Å². The summed E-state index contributed by atoms with van der Waals surface area (Å²) in [5.74, 6) is 1.78. The van der Waals surface area contributed by atoms with Crippen molar-refractivity contribution in [2.24, 2.45) is 4.99 Å². The van der Waals surface area contributed by atoms with Crippen molar-refractivity contribution in [3.05, 3.63) is 40.5 Å². The van der Waals surface area contributed by atoms with Crippen molar-refractivity contribution in [1.29, 1.82) is 0 Å². The van der Waals surface area contributed by atoms with Crippen LogP contribution in [-0.2, 0) is 12.8 Å². The lowest BCUT2D eigenvalue weighted by molar-refractivity contribution is 0.710. The zero-order chi connectivity index (χ0) is 17.7. The number of aliphatic imine (C=N–C) groups is 1. The first-order valence-corrected chi connectivity index (χ1v) is 9.66. The zero-order valence-electron chi connectivity index (χ0n) is 15.1. The summed E-state index contributed by atoms with van der Waals surface area (Å²) in [6.45, 7) is 4.83. The summed E-state index contributed by atoms with van der Waals surface area (Å²) >= 11 is 1.79. The fourth-order valence-corrected chi connectivity index (χ4v) is 3.14. The van der Waals surface area contributed by atoms with E-state index in [1.165, 1.54) is 9.88 Å². The lowest BCUT2D eigenvalue weighted by atomic mass is 10.3. The Kier molecular flexibility index (Phi) is 8.75. The summed E-state index contributed by atoms with van der Waals surface area (Å²) in [6.07, 6.45) is 7.93. The maximum absolute atomic E-state index is 4.44. The normalized spacial score (nSPS) is 11.4. The van der Waals surface area contributed by atoms with Crippen LogP contribution >= 0.6 is 11.3 Å². The number of hydrogen-bond donors (Lipinski definition) is 3. The maximum atomic E-state index is 4.44. The molecule has 0 radical (unpaired) electrons. The van der Waals surface area contributed by atoms with Crippen LogP contribution < -0.4 is 16.0 Å². The van der Waals surface area contributed by atoms with Crippen molar-refractivity contribution in [3.63, 3.8) is 0 Å². The summed E-state index contributed by atoms with van der Waals surface area (Å²) in [6, 6.07) is 5.89. The minimum absolute atomic E-state index is 0.845. The number of nitrogens with one attached hydrogen (secondary N) is 3. The highest BCUT2D eigenvalue weighted by molar-refractivity contribution is 7.11. The van der Waals surface area contributed by atoms with Gasteiger partial charge in [-0.2, -0.15) is 0 Å². The molecule has 0 aromatic carbocycles. The maximum Gasteiger partial charge on any atom is 0.190 e. The standard InChI is InChI=1S/C18H28N6S/c1-3-15-14-24-17(25-15)9-13-23-18(19-2)22-12-7-6-11-21-16-8-4-5-10-20-16/h4-5,8,10,14H,3,6-7,9,11-13H2,1-2H3,(H,20,21)(H2,19,22,23). The van der Waals surface area contributed by atoms with E-state index < -0.39 is 0 Å². The number of rotatable bonds is 10. The molecule has 2 heterocycles. The fraction of sp³-hybridized carbons (Fsp3) is 0.500. The van der Waals surface area contributed by atoms with E-state index in [2.05, 4.69) is 37.8 Å². The predicted octanol–water partition coefficient (Wildman–Crippen LogP) is 2.70. The first kappa shape index (κ1) is 19.2. The molecule has 0 atom stereocenters. The van der Waals surface area contributed by atoms with Gasteiger partial charge in [0.25, 0.3) is 0 Å². The van der Waals surface area contributed by atoms with Gasteiger partial charge < -0.3 is 16.0 Å². The number of nitrogens with zero attached hydrogens (tertiary/aromatic N) is 3. The van der Waals surface area contributed by atoms with Crippen molar-refractivity contribution in [3.8, 4) is 0 Å². The molecular formula is C18H28N6S. The number of hydrogen-bond acceptors (Lipinski definition) is 5. The number of guanidine groups is 1. The van der Waals surface area contributed by atoms with E-state index in [0.29, 0.717) is 0 Å². The molecular weight excluding hydrogens is 332 g/mol. The molecule has 136 valence electrons. The third-order valence-corrected chi connectivity index (χ3v) is 4.87. The molecule has 6 nitrogen and oxygen atoms in total. The third kappa shape index (κ3) is 7.51. The highest BCUT2D eigenvalue weighted by atomic mass is 32.1. The van der Waals surface area contributed by atoms with E-state index in [-0.39, 0.29) is 0 Å². The Bertz CT molecular complexity index is 626. The van der Waals surface area contributed by atoms with Crippen LogP contribution in [0.3, 0.4) is 0 Å². The average Bonchev–Trinajstić information content (AvgIpc) is 3.12. The molecule has 0 amide bonds. The van der Waals surface area contributed by atoms with Gasteiger partial charge in [-0.1, -0.05) is 13.0 Å². The zero-order valence-corrected chi connectivity index (χ0v) is 15.9. The van der Waals surface area contributed by atoms with Crippen LogP contribution in [-0.4, -0.2) is 42.6 Å². The number of anilines is 1. The SMILES string of the molecule is CCc1cnc(CCNC(=NC)NCCCCNc2ccccn2)s1. The first-order chi connectivity index (χ1) is 12.3. The van der Waals surface area contributed by atoms with Gasteiger partial charge in [0.2, 0.25) is 0 Å². The van der Waals surface area contributed by atoms with Crippen LogP contribution in [0, 0.1) is 0 Å². The molecule has 25 heavy (non-hydrogen) atoms. The van der Waals surface area contributed by atoms with E-state index in [1.54, 1.807) is 24.6 Å². The Labute approximate surface area is 154 Å². The second-order valence-electron chi connectivity index (χ2n) is 5.60. The summed E-state index contributed by atoms with van der Waals surface area (Å²) in [5.41, 5.74) is 0. The number of aryl methyl sites for hydroxylation is 1. The van der Waals surface area contributed by atoms with E-state index in [4.69, 9.17) is 0 Å². The molecule has 2 rings (SSSR count). The van der Waals surface area contributed by atoms with Gasteiger partial charge in [-0.25, -0.2) is 9.97 Å². The molecule has 0 bridgehead atoms. The summed E-state index contributed by atoms with van der Waals surface area (Å²) in [4.78, 5) is 14.3. The monoisotopic (exact) mass is 360 g/mol.